The standard InChI is InChI=1S/C8H16FNO/c1-6(2)10-4-7(9)8(5-10)11-3/h6-8H,4-5H2,1-3H3/t7-,8-/m0/s1. The lowest BCUT2D eigenvalue weighted by Gasteiger charge is -2.18. The molecule has 0 aromatic heterocycles. The molecule has 1 aliphatic rings. The van der Waals surface area contributed by atoms with Crippen LogP contribution in [0.2, 0.25) is 0 Å². The summed E-state index contributed by atoms with van der Waals surface area (Å²) in [6.45, 7) is 5.40. The molecule has 1 aliphatic heterocycles. The second-order valence-electron chi connectivity index (χ2n) is 3.34. The SMILES string of the molecule is CO[C@H]1CN(C(C)C)C[C@@H]1F. The van der Waals surface area contributed by atoms with E-state index in [-0.39, 0.29) is 6.10 Å². The molecule has 1 saturated heterocycles. The first-order valence-corrected chi connectivity index (χ1v) is 4.06. The highest BCUT2D eigenvalue weighted by molar-refractivity contribution is 4.86. The molecule has 11 heavy (non-hydrogen) atoms. The first-order chi connectivity index (χ1) is 5.15. The van der Waals surface area contributed by atoms with Crippen LogP contribution in [-0.2, 0) is 4.74 Å². The molecule has 0 bridgehead atoms. The van der Waals surface area contributed by atoms with Gasteiger partial charge in [-0.25, -0.2) is 4.39 Å². The van der Waals surface area contributed by atoms with Crippen molar-refractivity contribution in [1.29, 1.82) is 0 Å². The Kier molecular flexibility index (Phi) is 2.84. The van der Waals surface area contributed by atoms with Crippen molar-refractivity contribution >= 4 is 0 Å². The molecular weight excluding hydrogens is 145 g/mol. The van der Waals surface area contributed by atoms with Gasteiger partial charge in [0.25, 0.3) is 0 Å². The zero-order chi connectivity index (χ0) is 8.43. The molecule has 1 heterocycles. The van der Waals surface area contributed by atoms with Crippen LogP contribution in [0.4, 0.5) is 4.39 Å². The van der Waals surface area contributed by atoms with Crippen LogP contribution < -0.4 is 0 Å². The Labute approximate surface area is 67.3 Å². The molecule has 2 nitrogen and oxygen atoms in total. The van der Waals surface area contributed by atoms with E-state index in [9.17, 15) is 4.39 Å². The van der Waals surface area contributed by atoms with E-state index < -0.39 is 6.17 Å². The van der Waals surface area contributed by atoms with Crippen LogP contribution in [0.25, 0.3) is 0 Å². The van der Waals surface area contributed by atoms with Crippen LogP contribution in [0.3, 0.4) is 0 Å². The third-order valence-corrected chi connectivity index (χ3v) is 2.26. The van der Waals surface area contributed by atoms with Crippen LogP contribution in [0.15, 0.2) is 0 Å². The molecule has 0 aromatic rings. The Hall–Kier alpha value is -0.150. The fourth-order valence-electron chi connectivity index (χ4n) is 1.41. The van der Waals surface area contributed by atoms with Crippen LogP contribution in [0.5, 0.6) is 0 Å². The summed E-state index contributed by atoms with van der Waals surface area (Å²) >= 11 is 0. The minimum absolute atomic E-state index is 0.211. The molecule has 1 fully saturated rings. The van der Waals surface area contributed by atoms with Gasteiger partial charge in [0.1, 0.15) is 12.3 Å². The maximum atomic E-state index is 13.0. The summed E-state index contributed by atoms with van der Waals surface area (Å²) in [5.74, 6) is 0. The second-order valence-corrected chi connectivity index (χ2v) is 3.34. The van der Waals surface area contributed by atoms with Gasteiger partial charge < -0.3 is 4.74 Å². The van der Waals surface area contributed by atoms with Gasteiger partial charge in [-0.1, -0.05) is 0 Å². The number of hydrogen-bond acceptors (Lipinski definition) is 2. The number of nitrogens with zero attached hydrogens (tertiary/aromatic N) is 1. The van der Waals surface area contributed by atoms with Crippen molar-refractivity contribution in [3.63, 3.8) is 0 Å². The van der Waals surface area contributed by atoms with Crippen molar-refractivity contribution in [2.24, 2.45) is 0 Å². The van der Waals surface area contributed by atoms with Gasteiger partial charge in [-0.2, -0.15) is 0 Å². The van der Waals surface area contributed by atoms with Gasteiger partial charge in [0.15, 0.2) is 0 Å². The van der Waals surface area contributed by atoms with Crippen LogP contribution in [-0.4, -0.2) is 43.4 Å². The summed E-state index contributed by atoms with van der Waals surface area (Å²) in [4.78, 5) is 2.10. The van der Waals surface area contributed by atoms with Crippen molar-refractivity contribution in [3.8, 4) is 0 Å². The molecule has 0 radical (unpaired) electrons. The fourth-order valence-corrected chi connectivity index (χ4v) is 1.41. The minimum Gasteiger partial charge on any atom is -0.377 e. The highest BCUT2D eigenvalue weighted by atomic mass is 19.1. The van der Waals surface area contributed by atoms with Crippen molar-refractivity contribution in [2.75, 3.05) is 20.2 Å². The first-order valence-electron chi connectivity index (χ1n) is 4.06. The predicted octanol–water partition coefficient (Wildman–Crippen LogP) is 1.06. The van der Waals surface area contributed by atoms with E-state index in [0.29, 0.717) is 12.6 Å². The van der Waals surface area contributed by atoms with Crippen molar-refractivity contribution in [2.45, 2.75) is 32.2 Å². The Morgan fingerprint density at radius 2 is 2.09 bits per heavy atom. The van der Waals surface area contributed by atoms with Gasteiger partial charge in [0, 0.05) is 26.2 Å². The minimum atomic E-state index is -0.803. The molecule has 0 N–H and O–H groups in total. The average molecular weight is 161 g/mol. The highest BCUT2D eigenvalue weighted by Crippen LogP contribution is 2.17. The van der Waals surface area contributed by atoms with Gasteiger partial charge in [-0.3, -0.25) is 4.90 Å². The Morgan fingerprint density at radius 1 is 1.45 bits per heavy atom. The fraction of sp³-hybridized carbons (Fsp3) is 1.00. The van der Waals surface area contributed by atoms with Gasteiger partial charge >= 0.3 is 0 Å². The lowest BCUT2D eigenvalue weighted by Crippen LogP contribution is -2.29. The third-order valence-electron chi connectivity index (χ3n) is 2.26. The van der Waals surface area contributed by atoms with E-state index in [4.69, 9.17) is 4.74 Å². The first kappa shape index (κ1) is 8.94. The van der Waals surface area contributed by atoms with Gasteiger partial charge in [0.05, 0.1) is 0 Å². The molecular formula is C8H16FNO. The topological polar surface area (TPSA) is 12.5 Å². The van der Waals surface area contributed by atoms with Crippen LogP contribution in [0.1, 0.15) is 13.8 Å². The lowest BCUT2D eigenvalue weighted by molar-refractivity contribution is 0.0615. The van der Waals surface area contributed by atoms with E-state index in [1.165, 1.54) is 0 Å². The summed E-state index contributed by atoms with van der Waals surface area (Å²) < 4.78 is 18.0. The van der Waals surface area contributed by atoms with E-state index in [2.05, 4.69) is 18.7 Å². The molecule has 2 atom stereocenters. The predicted molar refractivity (Wildman–Crippen MR) is 42.4 cm³/mol. The largest absolute Gasteiger partial charge is 0.377 e. The number of rotatable bonds is 2. The van der Waals surface area contributed by atoms with Gasteiger partial charge in [-0.15, -0.1) is 0 Å². The summed E-state index contributed by atoms with van der Waals surface area (Å²) in [6, 6.07) is 0.424. The molecule has 1 rings (SSSR count). The lowest BCUT2D eigenvalue weighted by atomic mass is 10.3. The van der Waals surface area contributed by atoms with Crippen molar-refractivity contribution in [1.82, 2.24) is 4.90 Å². The molecule has 0 unspecified atom stereocenters. The molecule has 0 amide bonds. The van der Waals surface area contributed by atoms with Gasteiger partial charge in [-0.05, 0) is 13.8 Å². The third kappa shape index (κ3) is 1.91. The van der Waals surface area contributed by atoms with Crippen molar-refractivity contribution in [3.05, 3.63) is 0 Å². The number of alkyl halides is 1. The average Bonchev–Trinajstić information content (AvgIpc) is 2.31. The Bertz CT molecular complexity index is 129. The van der Waals surface area contributed by atoms with Crippen LogP contribution in [0, 0.1) is 0 Å². The summed E-state index contributed by atoms with van der Waals surface area (Å²) in [6.07, 6.45) is -1.01. The normalized spacial score (nSPS) is 33.5. The molecule has 0 aliphatic carbocycles. The number of likely N-dealkylation sites (tertiary alicyclic amines) is 1. The zero-order valence-electron chi connectivity index (χ0n) is 7.38. The Balaban J connectivity index is 2.43. The van der Waals surface area contributed by atoms with Gasteiger partial charge in [0.2, 0.25) is 0 Å². The summed E-state index contributed by atoms with van der Waals surface area (Å²) in [5, 5.41) is 0. The molecule has 3 heteroatoms. The van der Waals surface area contributed by atoms with Crippen molar-refractivity contribution < 1.29 is 9.13 Å². The second kappa shape index (κ2) is 3.50. The molecule has 0 saturated carbocycles. The monoisotopic (exact) mass is 161 g/mol. The Morgan fingerprint density at radius 3 is 2.36 bits per heavy atom. The number of methoxy groups -OCH3 is 1. The number of halogens is 1. The van der Waals surface area contributed by atoms with E-state index in [0.717, 1.165) is 6.54 Å². The highest BCUT2D eigenvalue weighted by Gasteiger charge is 2.33. The van der Waals surface area contributed by atoms with Crippen LogP contribution >= 0.6 is 0 Å². The summed E-state index contributed by atoms with van der Waals surface area (Å²) in [7, 11) is 1.57. The molecule has 66 valence electrons. The molecule has 0 spiro atoms. The van der Waals surface area contributed by atoms with E-state index in [1.807, 2.05) is 0 Å². The van der Waals surface area contributed by atoms with E-state index >= 15 is 0 Å². The quantitative estimate of drug-likeness (QED) is 0.600. The summed E-state index contributed by atoms with van der Waals surface area (Å²) in [5.41, 5.74) is 0. The maximum Gasteiger partial charge on any atom is 0.140 e. The van der Waals surface area contributed by atoms with E-state index in [1.54, 1.807) is 7.11 Å². The number of hydrogen-bond donors (Lipinski definition) is 0. The maximum absolute atomic E-state index is 13.0. The zero-order valence-corrected chi connectivity index (χ0v) is 7.38. The number of ether oxygens (including phenoxy) is 1. The molecule has 0 aromatic carbocycles. The smallest absolute Gasteiger partial charge is 0.140 e.